The zero-order chi connectivity index (χ0) is 12.5. The normalized spacial score (nSPS) is 14.2. The summed E-state index contributed by atoms with van der Waals surface area (Å²) in [6, 6.07) is 0. The molecule has 1 rings (SSSR count). The van der Waals surface area contributed by atoms with Crippen molar-refractivity contribution in [3.8, 4) is 0 Å². The number of hydrogen-bond acceptors (Lipinski definition) is 1. The summed E-state index contributed by atoms with van der Waals surface area (Å²) in [5.41, 5.74) is 2.14. The molecule has 1 unspecified atom stereocenters. The van der Waals surface area contributed by atoms with E-state index in [9.17, 15) is 0 Å². The van der Waals surface area contributed by atoms with E-state index in [0.717, 1.165) is 29.3 Å². The van der Waals surface area contributed by atoms with Crippen LogP contribution in [0.3, 0.4) is 0 Å². The molecule has 1 aromatic rings. The van der Waals surface area contributed by atoms with Crippen molar-refractivity contribution in [2.75, 3.05) is 0 Å². The molecule has 16 heavy (non-hydrogen) atoms. The van der Waals surface area contributed by atoms with Gasteiger partial charge in [0.05, 0.1) is 16.4 Å². The van der Waals surface area contributed by atoms with Gasteiger partial charge >= 0.3 is 0 Å². The van der Waals surface area contributed by atoms with Crippen LogP contribution in [0.15, 0.2) is 0 Å². The molecule has 0 radical (unpaired) electrons. The molecule has 92 valence electrons. The highest BCUT2D eigenvalue weighted by Gasteiger charge is 2.24. The number of hydrogen-bond donors (Lipinski definition) is 0. The van der Waals surface area contributed by atoms with Gasteiger partial charge < -0.3 is 0 Å². The van der Waals surface area contributed by atoms with Crippen LogP contribution < -0.4 is 0 Å². The van der Waals surface area contributed by atoms with Crippen LogP contribution in [-0.2, 0) is 13.5 Å². The summed E-state index contributed by atoms with van der Waals surface area (Å²) in [5, 5.41) is 5.30. The van der Waals surface area contributed by atoms with Crippen molar-refractivity contribution in [2.45, 2.75) is 45.9 Å². The second-order valence-electron chi connectivity index (χ2n) is 5.30. The molecule has 2 nitrogen and oxygen atoms in total. The molecule has 0 aliphatic carbocycles. The lowest BCUT2D eigenvalue weighted by molar-refractivity contribution is 0.323. The molecule has 1 aromatic heterocycles. The fourth-order valence-corrected chi connectivity index (χ4v) is 2.80. The molecule has 0 bridgehead atoms. The highest BCUT2D eigenvalue weighted by atomic mass is 35.5. The van der Waals surface area contributed by atoms with Gasteiger partial charge in [0.1, 0.15) is 0 Å². The fraction of sp³-hybridized carbons (Fsp3) is 0.750. The van der Waals surface area contributed by atoms with Crippen LogP contribution in [0.1, 0.15) is 38.6 Å². The Labute approximate surface area is 108 Å². The number of aryl methyl sites for hydroxylation is 2. The smallest absolute Gasteiger partial charge is 0.0847 e. The standard InChI is InChI=1S/C12H20Cl2N2/c1-8(13)6-12(3,4)7-10-11(14)9(2)15-16(10)5/h8H,6-7H2,1-5H3. The summed E-state index contributed by atoms with van der Waals surface area (Å²) in [6.45, 7) is 8.39. The van der Waals surface area contributed by atoms with E-state index in [2.05, 4.69) is 18.9 Å². The summed E-state index contributed by atoms with van der Waals surface area (Å²) in [5.74, 6) is 0. The minimum Gasteiger partial charge on any atom is -0.271 e. The van der Waals surface area contributed by atoms with E-state index in [4.69, 9.17) is 23.2 Å². The van der Waals surface area contributed by atoms with Gasteiger partial charge in [-0.05, 0) is 32.1 Å². The predicted molar refractivity (Wildman–Crippen MR) is 70.4 cm³/mol. The van der Waals surface area contributed by atoms with Crippen molar-refractivity contribution in [3.05, 3.63) is 16.4 Å². The third kappa shape index (κ3) is 3.39. The molecule has 0 aromatic carbocycles. The van der Waals surface area contributed by atoms with Crippen molar-refractivity contribution in [1.82, 2.24) is 9.78 Å². The van der Waals surface area contributed by atoms with Gasteiger partial charge in [0.25, 0.3) is 0 Å². The summed E-state index contributed by atoms with van der Waals surface area (Å²) in [4.78, 5) is 0. The topological polar surface area (TPSA) is 17.8 Å². The molecule has 0 saturated heterocycles. The Morgan fingerprint density at radius 1 is 1.44 bits per heavy atom. The molecule has 4 heteroatoms. The third-order valence-corrected chi connectivity index (χ3v) is 3.39. The van der Waals surface area contributed by atoms with Gasteiger partial charge in [0.2, 0.25) is 0 Å². The maximum absolute atomic E-state index is 6.24. The van der Waals surface area contributed by atoms with E-state index in [0.29, 0.717) is 0 Å². The summed E-state index contributed by atoms with van der Waals surface area (Å²) < 4.78 is 1.87. The average molecular weight is 263 g/mol. The van der Waals surface area contributed by atoms with Crippen LogP contribution in [-0.4, -0.2) is 15.2 Å². The largest absolute Gasteiger partial charge is 0.271 e. The Morgan fingerprint density at radius 3 is 2.38 bits per heavy atom. The third-order valence-electron chi connectivity index (χ3n) is 2.74. The second kappa shape index (κ2) is 4.97. The molecular weight excluding hydrogens is 243 g/mol. The van der Waals surface area contributed by atoms with Gasteiger partial charge in [0, 0.05) is 12.4 Å². The van der Waals surface area contributed by atoms with Crippen molar-refractivity contribution in [1.29, 1.82) is 0 Å². The molecular formula is C12H20Cl2N2. The predicted octanol–water partition coefficient (Wildman–Crippen LogP) is 3.97. The lowest BCUT2D eigenvalue weighted by atomic mass is 9.83. The van der Waals surface area contributed by atoms with Gasteiger partial charge in [-0.2, -0.15) is 5.10 Å². The van der Waals surface area contributed by atoms with Crippen LogP contribution >= 0.6 is 23.2 Å². The number of halogens is 2. The first-order chi connectivity index (χ1) is 7.23. The first-order valence-corrected chi connectivity index (χ1v) is 6.36. The Kier molecular flexibility index (Phi) is 4.30. The van der Waals surface area contributed by atoms with E-state index in [-0.39, 0.29) is 10.8 Å². The maximum Gasteiger partial charge on any atom is 0.0847 e. The Balaban J connectivity index is 2.87. The highest BCUT2D eigenvalue weighted by molar-refractivity contribution is 6.31. The van der Waals surface area contributed by atoms with Gasteiger partial charge in [-0.15, -0.1) is 11.6 Å². The molecule has 1 heterocycles. The monoisotopic (exact) mass is 262 g/mol. The second-order valence-corrected chi connectivity index (χ2v) is 6.42. The fourth-order valence-electron chi connectivity index (χ4n) is 2.16. The van der Waals surface area contributed by atoms with E-state index >= 15 is 0 Å². The molecule has 0 aliphatic rings. The summed E-state index contributed by atoms with van der Waals surface area (Å²) in [6.07, 6.45) is 1.87. The van der Waals surface area contributed by atoms with Crippen molar-refractivity contribution in [2.24, 2.45) is 12.5 Å². The van der Waals surface area contributed by atoms with Gasteiger partial charge in [-0.3, -0.25) is 4.68 Å². The van der Waals surface area contributed by atoms with E-state index in [1.165, 1.54) is 0 Å². The lowest BCUT2D eigenvalue weighted by Gasteiger charge is -2.26. The SMILES string of the molecule is Cc1nn(C)c(CC(C)(C)CC(C)Cl)c1Cl. The number of alkyl halides is 1. The zero-order valence-corrected chi connectivity index (χ0v) is 12.2. The molecule has 0 aliphatic heterocycles. The van der Waals surface area contributed by atoms with Crippen molar-refractivity contribution >= 4 is 23.2 Å². The highest BCUT2D eigenvalue weighted by Crippen LogP contribution is 2.32. The first-order valence-electron chi connectivity index (χ1n) is 5.55. The quantitative estimate of drug-likeness (QED) is 0.751. The number of rotatable bonds is 4. The van der Waals surface area contributed by atoms with Crippen LogP contribution in [0.5, 0.6) is 0 Å². The Bertz CT molecular complexity index is 367. The lowest BCUT2D eigenvalue weighted by Crippen LogP contribution is -2.20. The van der Waals surface area contributed by atoms with Crippen LogP contribution in [0.25, 0.3) is 0 Å². The van der Waals surface area contributed by atoms with Gasteiger partial charge in [-0.1, -0.05) is 25.4 Å². The minimum atomic E-state index is 0.144. The molecule has 0 N–H and O–H groups in total. The Hall–Kier alpha value is -0.210. The van der Waals surface area contributed by atoms with Crippen LogP contribution in [0, 0.1) is 12.3 Å². The van der Waals surface area contributed by atoms with Crippen LogP contribution in [0.4, 0.5) is 0 Å². The van der Waals surface area contributed by atoms with E-state index in [1.54, 1.807) is 0 Å². The van der Waals surface area contributed by atoms with Gasteiger partial charge in [0.15, 0.2) is 0 Å². The van der Waals surface area contributed by atoms with E-state index < -0.39 is 0 Å². The molecule has 0 saturated carbocycles. The van der Waals surface area contributed by atoms with Crippen LogP contribution in [0.2, 0.25) is 5.02 Å². The minimum absolute atomic E-state index is 0.144. The molecule has 0 amide bonds. The van der Waals surface area contributed by atoms with Crippen molar-refractivity contribution < 1.29 is 0 Å². The maximum atomic E-state index is 6.24. The zero-order valence-electron chi connectivity index (χ0n) is 10.6. The first kappa shape index (κ1) is 13.9. The number of nitrogens with zero attached hydrogens (tertiary/aromatic N) is 2. The van der Waals surface area contributed by atoms with Crippen molar-refractivity contribution in [3.63, 3.8) is 0 Å². The summed E-state index contributed by atoms with van der Waals surface area (Å²) in [7, 11) is 1.94. The Morgan fingerprint density at radius 2 is 2.00 bits per heavy atom. The number of aromatic nitrogens is 2. The molecule has 0 fully saturated rings. The van der Waals surface area contributed by atoms with Gasteiger partial charge in [-0.25, -0.2) is 0 Å². The van der Waals surface area contributed by atoms with E-state index in [1.807, 2.05) is 25.6 Å². The molecule has 0 spiro atoms. The summed E-state index contributed by atoms with van der Waals surface area (Å²) >= 11 is 12.3. The average Bonchev–Trinajstić information content (AvgIpc) is 2.29. The molecule has 1 atom stereocenters.